The maximum Gasteiger partial charge on any atom is 0.270 e. The zero-order valence-corrected chi connectivity index (χ0v) is 15.7. The number of fused-ring (bicyclic) bond motifs is 1. The quantitative estimate of drug-likeness (QED) is 0.684. The Morgan fingerprint density at radius 3 is 2.61 bits per heavy atom. The Morgan fingerprint density at radius 1 is 1.11 bits per heavy atom. The predicted octanol–water partition coefficient (Wildman–Crippen LogP) is 1.88. The number of aromatic nitrogens is 2. The van der Waals surface area contributed by atoms with E-state index in [-0.39, 0.29) is 24.1 Å². The molecule has 2 aromatic heterocycles. The van der Waals surface area contributed by atoms with Crippen LogP contribution in [-0.4, -0.2) is 45.2 Å². The number of hydrogen-bond acceptors (Lipinski definition) is 4. The van der Waals surface area contributed by atoms with Crippen molar-refractivity contribution in [2.24, 2.45) is 0 Å². The lowest BCUT2D eigenvalue weighted by Crippen LogP contribution is -2.57. The standard InChI is InChI=1S/C21H20N4O3/c1-14-6-8-16(9-7-14)25-12-15(2)24(13-19(25)26)21(28)17-11-22-18-5-3-4-10-23(18)20(17)27/h3-11,15H,12-13H2,1-2H3/t15-/m1/s1. The minimum absolute atomic E-state index is 0.0351. The zero-order chi connectivity index (χ0) is 19.8. The van der Waals surface area contributed by atoms with Crippen molar-refractivity contribution in [1.29, 1.82) is 0 Å². The summed E-state index contributed by atoms with van der Waals surface area (Å²) in [5, 5.41) is 0. The van der Waals surface area contributed by atoms with E-state index in [0.29, 0.717) is 12.2 Å². The maximum atomic E-state index is 13.0. The van der Waals surface area contributed by atoms with Gasteiger partial charge in [0.25, 0.3) is 11.5 Å². The molecule has 0 radical (unpaired) electrons. The van der Waals surface area contributed by atoms with E-state index in [2.05, 4.69) is 4.98 Å². The molecule has 4 rings (SSSR count). The van der Waals surface area contributed by atoms with Gasteiger partial charge in [0.15, 0.2) is 0 Å². The fourth-order valence-corrected chi connectivity index (χ4v) is 3.43. The van der Waals surface area contributed by atoms with E-state index in [4.69, 9.17) is 0 Å². The molecule has 1 fully saturated rings. The summed E-state index contributed by atoms with van der Waals surface area (Å²) in [5.74, 6) is -0.649. The van der Waals surface area contributed by atoms with Crippen LogP contribution in [0.25, 0.3) is 5.65 Å². The maximum absolute atomic E-state index is 13.0. The van der Waals surface area contributed by atoms with Gasteiger partial charge < -0.3 is 9.80 Å². The van der Waals surface area contributed by atoms with Crippen molar-refractivity contribution in [1.82, 2.24) is 14.3 Å². The fourth-order valence-electron chi connectivity index (χ4n) is 3.43. The Kier molecular flexibility index (Phi) is 4.43. The van der Waals surface area contributed by atoms with Gasteiger partial charge in [-0.3, -0.25) is 18.8 Å². The highest BCUT2D eigenvalue weighted by atomic mass is 16.2. The molecule has 1 aliphatic heterocycles. The van der Waals surface area contributed by atoms with Crippen LogP contribution in [0.4, 0.5) is 5.69 Å². The third-order valence-corrected chi connectivity index (χ3v) is 5.04. The first kappa shape index (κ1) is 17.9. The molecule has 7 heteroatoms. The zero-order valence-electron chi connectivity index (χ0n) is 15.7. The Hall–Kier alpha value is -3.48. The van der Waals surface area contributed by atoms with Crippen LogP contribution in [0.2, 0.25) is 0 Å². The van der Waals surface area contributed by atoms with Crippen molar-refractivity contribution < 1.29 is 9.59 Å². The molecule has 3 heterocycles. The molecule has 0 saturated carbocycles. The molecule has 1 saturated heterocycles. The molecule has 0 bridgehead atoms. The van der Waals surface area contributed by atoms with Crippen LogP contribution in [-0.2, 0) is 4.79 Å². The number of anilines is 1. The van der Waals surface area contributed by atoms with E-state index in [0.717, 1.165) is 11.3 Å². The number of aryl methyl sites for hydroxylation is 1. The van der Waals surface area contributed by atoms with Gasteiger partial charge in [-0.1, -0.05) is 23.8 Å². The van der Waals surface area contributed by atoms with Crippen molar-refractivity contribution in [3.05, 3.63) is 76.3 Å². The molecule has 0 N–H and O–H groups in total. The molecule has 142 valence electrons. The highest BCUT2D eigenvalue weighted by Gasteiger charge is 2.34. The fraction of sp³-hybridized carbons (Fsp3) is 0.238. The molecule has 0 spiro atoms. The highest BCUT2D eigenvalue weighted by molar-refractivity contribution is 6.01. The first-order valence-electron chi connectivity index (χ1n) is 9.10. The number of rotatable bonds is 2. The molecule has 3 aromatic rings. The van der Waals surface area contributed by atoms with Crippen LogP contribution < -0.4 is 10.5 Å². The third kappa shape index (κ3) is 3.05. The highest BCUT2D eigenvalue weighted by Crippen LogP contribution is 2.21. The van der Waals surface area contributed by atoms with Crippen molar-refractivity contribution >= 4 is 23.1 Å². The van der Waals surface area contributed by atoms with Gasteiger partial charge in [0.1, 0.15) is 17.8 Å². The molecule has 7 nitrogen and oxygen atoms in total. The number of benzene rings is 1. The van der Waals surface area contributed by atoms with Crippen molar-refractivity contribution in [2.75, 3.05) is 18.0 Å². The number of carbonyl (C=O) groups excluding carboxylic acids is 2. The number of carbonyl (C=O) groups is 2. The molecule has 1 aromatic carbocycles. The number of amides is 2. The Morgan fingerprint density at radius 2 is 1.86 bits per heavy atom. The van der Waals surface area contributed by atoms with Gasteiger partial charge in [0.2, 0.25) is 5.91 Å². The monoisotopic (exact) mass is 376 g/mol. The third-order valence-electron chi connectivity index (χ3n) is 5.04. The number of hydrogen-bond donors (Lipinski definition) is 0. The summed E-state index contributed by atoms with van der Waals surface area (Å²) < 4.78 is 1.34. The second-order valence-electron chi connectivity index (χ2n) is 7.03. The molecule has 28 heavy (non-hydrogen) atoms. The Balaban J connectivity index is 1.61. The van der Waals surface area contributed by atoms with Crippen LogP contribution in [0.5, 0.6) is 0 Å². The van der Waals surface area contributed by atoms with Crippen molar-refractivity contribution in [3.8, 4) is 0 Å². The second kappa shape index (κ2) is 6.92. The molecule has 0 aliphatic carbocycles. The van der Waals surface area contributed by atoms with Gasteiger partial charge in [-0.05, 0) is 38.1 Å². The van der Waals surface area contributed by atoms with E-state index in [1.54, 1.807) is 29.3 Å². The van der Waals surface area contributed by atoms with E-state index in [1.807, 2.05) is 38.1 Å². The lowest BCUT2D eigenvalue weighted by molar-refractivity contribution is -0.121. The van der Waals surface area contributed by atoms with Crippen molar-refractivity contribution in [3.63, 3.8) is 0 Å². The number of nitrogens with zero attached hydrogens (tertiary/aromatic N) is 4. The van der Waals surface area contributed by atoms with Gasteiger partial charge in [0.05, 0.1) is 0 Å². The smallest absolute Gasteiger partial charge is 0.270 e. The Labute approximate surface area is 161 Å². The first-order valence-corrected chi connectivity index (χ1v) is 9.10. The van der Waals surface area contributed by atoms with E-state index in [1.165, 1.54) is 15.5 Å². The normalized spacial score (nSPS) is 17.2. The lowest BCUT2D eigenvalue weighted by atomic mass is 10.1. The molecular weight excluding hydrogens is 356 g/mol. The van der Waals surface area contributed by atoms with E-state index in [9.17, 15) is 14.4 Å². The first-order chi connectivity index (χ1) is 13.5. The molecule has 0 unspecified atom stereocenters. The molecule has 1 atom stereocenters. The number of pyridine rings is 1. The van der Waals surface area contributed by atoms with Gasteiger partial charge in [-0.2, -0.15) is 0 Å². The topological polar surface area (TPSA) is 75.0 Å². The lowest BCUT2D eigenvalue weighted by Gasteiger charge is -2.39. The Bertz CT molecular complexity index is 1120. The van der Waals surface area contributed by atoms with Crippen LogP contribution in [0.1, 0.15) is 22.8 Å². The summed E-state index contributed by atoms with van der Waals surface area (Å²) >= 11 is 0. The summed E-state index contributed by atoms with van der Waals surface area (Å²) in [6, 6.07) is 12.6. The predicted molar refractivity (Wildman–Crippen MR) is 105 cm³/mol. The van der Waals surface area contributed by atoms with Crippen LogP contribution in [0, 0.1) is 6.92 Å². The summed E-state index contributed by atoms with van der Waals surface area (Å²) in [7, 11) is 0. The van der Waals surface area contributed by atoms with E-state index < -0.39 is 11.5 Å². The van der Waals surface area contributed by atoms with Crippen LogP contribution in [0.15, 0.2) is 59.7 Å². The molecule has 2 amide bonds. The number of piperazine rings is 1. The minimum Gasteiger partial charge on any atom is -0.325 e. The van der Waals surface area contributed by atoms with Gasteiger partial charge in [-0.15, -0.1) is 0 Å². The largest absolute Gasteiger partial charge is 0.325 e. The van der Waals surface area contributed by atoms with Gasteiger partial charge in [-0.25, -0.2) is 4.98 Å². The summed E-state index contributed by atoms with van der Waals surface area (Å²) in [4.78, 5) is 45.7. The summed E-state index contributed by atoms with van der Waals surface area (Å²) in [5.41, 5.74) is 1.92. The minimum atomic E-state index is -0.472. The molecular formula is C21H20N4O3. The van der Waals surface area contributed by atoms with Crippen molar-refractivity contribution in [2.45, 2.75) is 19.9 Å². The second-order valence-corrected chi connectivity index (χ2v) is 7.03. The average Bonchev–Trinajstić information content (AvgIpc) is 2.70. The molecule has 1 aliphatic rings. The van der Waals surface area contributed by atoms with Crippen LogP contribution in [0.3, 0.4) is 0 Å². The van der Waals surface area contributed by atoms with E-state index >= 15 is 0 Å². The van der Waals surface area contributed by atoms with Crippen LogP contribution >= 0.6 is 0 Å². The summed E-state index contributed by atoms with van der Waals surface area (Å²) in [6.07, 6.45) is 2.87. The van der Waals surface area contributed by atoms with Gasteiger partial charge >= 0.3 is 0 Å². The average molecular weight is 376 g/mol. The SMILES string of the molecule is Cc1ccc(N2C[C@@H](C)N(C(=O)c3cnc4ccccn4c3=O)CC2=O)cc1. The summed E-state index contributed by atoms with van der Waals surface area (Å²) in [6.45, 7) is 4.15. The van der Waals surface area contributed by atoms with Gasteiger partial charge in [0, 0.05) is 30.7 Å².